The molecule has 18 heavy (non-hydrogen) atoms. The second kappa shape index (κ2) is 5.34. The van der Waals surface area contributed by atoms with Crippen LogP contribution in [0.5, 0.6) is 0 Å². The highest BCUT2D eigenvalue weighted by Crippen LogP contribution is 2.40. The van der Waals surface area contributed by atoms with Crippen molar-refractivity contribution in [2.45, 2.75) is 46.0 Å². The molecule has 0 aromatic carbocycles. The molecule has 96 valence electrons. The predicted octanol–water partition coefficient (Wildman–Crippen LogP) is 3.04. The van der Waals surface area contributed by atoms with E-state index in [-0.39, 0.29) is 0 Å². The first kappa shape index (κ1) is 12.8. The Morgan fingerprint density at radius 2 is 2.11 bits per heavy atom. The second-order valence-corrected chi connectivity index (χ2v) is 5.24. The standard InChI is InChI=1S/C14H20N4/c1-3-14(6-4-5-7-14)10-16-13-17-11(2)8-12(9-15)18-13/h8H,3-7,10H2,1-2H3,(H,16,17,18). The van der Waals surface area contributed by atoms with E-state index in [2.05, 4.69) is 28.3 Å². The maximum atomic E-state index is 8.90. The number of anilines is 1. The first-order chi connectivity index (χ1) is 8.67. The summed E-state index contributed by atoms with van der Waals surface area (Å²) in [6.07, 6.45) is 6.42. The van der Waals surface area contributed by atoms with Crippen molar-refractivity contribution >= 4 is 5.95 Å². The minimum Gasteiger partial charge on any atom is -0.354 e. The van der Waals surface area contributed by atoms with Gasteiger partial charge >= 0.3 is 0 Å². The minimum absolute atomic E-state index is 0.403. The summed E-state index contributed by atoms with van der Waals surface area (Å²) >= 11 is 0. The number of nitrogens with zero attached hydrogens (tertiary/aromatic N) is 3. The summed E-state index contributed by atoms with van der Waals surface area (Å²) in [7, 11) is 0. The highest BCUT2D eigenvalue weighted by molar-refractivity contribution is 5.33. The Labute approximate surface area is 108 Å². The number of hydrogen-bond acceptors (Lipinski definition) is 4. The molecule has 0 atom stereocenters. The molecular weight excluding hydrogens is 224 g/mol. The molecule has 4 heteroatoms. The summed E-state index contributed by atoms with van der Waals surface area (Å²) in [5.41, 5.74) is 1.67. The Hall–Kier alpha value is -1.63. The number of nitriles is 1. The lowest BCUT2D eigenvalue weighted by molar-refractivity contribution is 0.306. The van der Waals surface area contributed by atoms with E-state index >= 15 is 0 Å². The summed E-state index contributed by atoms with van der Waals surface area (Å²) in [5.74, 6) is 0.589. The van der Waals surface area contributed by atoms with Crippen LogP contribution in [0.3, 0.4) is 0 Å². The highest BCUT2D eigenvalue weighted by atomic mass is 15.1. The Morgan fingerprint density at radius 3 is 2.72 bits per heavy atom. The molecular formula is C14H20N4. The molecule has 1 aromatic heterocycles. The molecule has 1 fully saturated rings. The van der Waals surface area contributed by atoms with Crippen LogP contribution in [0.25, 0.3) is 0 Å². The second-order valence-electron chi connectivity index (χ2n) is 5.24. The first-order valence-electron chi connectivity index (χ1n) is 6.67. The molecule has 1 aliphatic rings. The smallest absolute Gasteiger partial charge is 0.224 e. The van der Waals surface area contributed by atoms with Crippen LogP contribution in [0.1, 0.15) is 50.4 Å². The Morgan fingerprint density at radius 1 is 1.39 bits per heavy atom. The number of aromatic nitrogens is 2. The van der Waals surface area contributed by atoms with E-state index < -0.39 is 0 Å². The van der Waals surface area contributed by atoms with Gasteiger partial charge in [-0.25, -0.2) is 9.97 Å². The van der Waals surface area contributed by atoms with Gasteiger partial charge in [-0.1, -0.05) is 19.8 Å². The van der Waals surface area contributed by atoms with Gasteiger partial charge in [-0.3, -0.25) is 0 Å². The van der Waals surface area contributed by atoms with E-state index in [9.17, 15) is 0 Å². The summed E-state index contributed by atoms with van der Waals surface area (Å²) in [5, 5.41) is 12.2. The third kappa shape index (κ3) is 2.79. The highest BCUT2D eigenvalue weighted by Gasteiger charge is 2.31. The lowest BCUT2D eigenvalue weighted by Gasteiger charge is -2.27. The van der Waals surface area contributed by atoms with Gasteiger partial charge in [-0.05, 0) is 37.7 Å². The van der Waals surface area contributed by atoms with Crippen LogP contribution in [0.2, 0.25) is 0 Å². The van der Waals surface area contributed by atoms with Crippen LogP contribution in [-0.2, 0) is 0 Å². The van der Waals surface area contributed by atoms with Crippen molar-refractivity contribution in [1.29, 1.82) is 5.26 Å². The van der Waals surface area contributed by atoms with Crippen molar-refractivity contribution in [3.8, 4) is 6.07 Å². The summed E-state index contributed by atoms with van der Waals surface area (Å²) in [6, 6.07) is 3.77. The average Bonchev–Trinajstić information content (AvgIpc) is 2.85. The third-order valence-electron chi connectivity index (χ3n) is 4.00. The largest absolute Gasteiger partial charge is 0.354 e. The zero-order valence-corrected chi connectivity index (χ0v) is 11.2. The number of aryl methyl sites for hydroxylation is 1. The fraction of sp³-hybridized carbons (Fsp3) is 0.643. The maximum absolute atomic E-state index is 8.90. The van der Waals surface area contributed by atoms with E-state index in [1.54, 1.807) is 6.07 Å². The van der Waals surface area contributed by atoms with Gasteiger partial charge in [0.2, 0.25) is 5.95 Å². The third-order valence-corrected chi connectivity index (χ3v) is 4.00. The number of nitrogens with one attached hydrogen (secondary N) is 1. The van der Waals surface area contributed by atoms with Gasteiger partial charge in [0.1, 0.15) is 11.8 Å². The average molecular weight is 244 g/mol. The quantitative estimate of drug-likeness (QED) is 0.884. The molecule has 2 rings (SSSR count). The Kier molecular flexibility index (Phi) is 3.81. The molecule has 0 aliphatic heterocycles. The molecule has 1 N–H and O–H groups in total. The molecule has 0 unspecified atom stereocenters. The van der Waals surface area contributed by atoms with Crippen molar-refractivity contribution in [2.24, 2.45) is 5.41 Å². The molecule has 0 radical (unpaired) electrons. The van der Waals surface area contributed by atoms with E-state index in [0.29, 0.717) is 17.1 Å². The van der Waals surface area contributed by atoms with Crippen LogP contribution in [0, 0.1) is 23.7 Å². The minimum atomic E-state index is 0.403. The van der Waals surface area contributed by atoms with E-state index in [1.807, 2.05) is 6.92 Å². The molecule has 1 aliphatic carbocycles. The Bertz CT molecular complexity index is 455. The van der Waals surface area contributed by atoms with Crippen molar-refractivity contribution in [1.82, 2.24) is 9.97 Å². The van der Waals surface area contributed by atoms with Crippen LogP contribution in [-0.4, -0.2) is 16.5 Å². The number of rotatable bonds is 4. The normalized spacial score (nSPS) is 17.4. The van der Waals surface area contributed by atoms with Gasteiger partial charge in [0.25, 0.3) is 0 Å². The van der Waals surface area contributed by atoms with Crippen molar-refractivity contribution in [2.75, 3.05) is 11.9 Å². The van der Waals surface area contributed by atoms with Crippen molar-refractivity contribution in [3.63, 3.8) is 0 Å². The molecule has 1 saturated carbocycles. The Balaban J connectivity index is 2.06. The molecule has 0 amide bonds. The molecule has 1 aromatic rings. The topological polar surface area (TPSA) is 61.6 Å². The molecule has 4 nitrogen and oxygen atoms in total. The van der Waals surface area contributed by atoms with Gasteiger partial charge in [0.05, 0.1) is 0 Å². The molecule has 0 saturated heterocycles. The molecule has 1 heterocycles. The number of hydrogen-bond donors (Lipinski definition) is 1. The maximum Gasteiger partial charge on any atom is 0.224 e. The van der Waals surface area contributed by atoms with E-state index in [0.717, 1.165) is 12.2 Å². The summed E-state index contributed by atoms with van der Waals surface area (Å²) < 4.78 is 0. The molecule has 0 bridgehead atoms. The first-order valence-corrected chi connectivity index (χ1v) is 6.67. The zero-order chi connectivity index (χ0) is 13.0. The van der Waals surface area contributed by atoms with Gasteiger partial charge in [0, 0.05) is 12.2 Å². The van der Waals surface area contributed by atoms with Crippen molar-refractivity contribution < 1.29 is 0 Å². The van der Waals surface area contributed by atoms with Crippen LogP contribution in [0.4, 0.5) is 5.95 Å². The van der Waals surface area contributed by atoms with Crippen LogP contribution in [0.15, 0.2) is 6.07 Å². The summed E-state index contributed by atoms with van der Waals surface area (Å²) in [6.45, 7) is 5.06. The lowest BCUT2D eigenvalue weighted by Crippen LogP contribution is -2.26. The lowest BCUT2D eigenvalue weighted by atomic mass is 9.83. The van der Waals surface area contributed by atoms with Crippen LogP contribution < -0.4 is 5.32 Å². The van der Waals surface area contributed by atoms with Crippen LogP contribution >= 0.6 is 0 Å². The van der Waals surface area contributed by atoms with Gasteiger partial charge in [0.15, 0.2) is 0 Å². The fourth-order valence-corrected chi connectivity index (χ4v) is 2.75. The van der Waals surface area contributed by atoms with Gasteiger partial charge in [-0.15, -0.1) is 0 Å². The monoisotopic (exact) mass is 244 g/mol. The SMILES string of the molecule is CCC1(CNc2nc(C)cc(C#N)n2)CCCC1. The van der Waals surface area contributed by atoms with Crippen molar-refractivity contribution in [3.05, 3.63) is 17.5 Å². The van der Waals surface area contributed by atoms with E-state index in [1.165, 1.54) is 32.1 Å². The fourth-order valence-electron chi connectivity index (χ4n) is 2.75. The zero-order valence-electron chi connectivity index (χ0n) is 11.2. The van der Waals surface area contributed by atoms with Gasteiger partial charge < -0.3 is 5.32 Å². The van der Waals surface area contributed by atoms with E-state index in [4.69, 9.17) is 5.26 Å². The molecule has 0 spiro atoms. The van der Waals surface area contributed by atoms with Gasteiger partial charge in [-0.2, -0.15) is 5.26 Å². The summed E-state index contributed by atoms with van der Waals surface area (Å²) in [4.78, 5) is 8.53. The predicted molar refractivity (Wildman–Crippen MR) is 71.2 cm³/mol.